The summed E-state index contributed by atoms with van der Waals surface area (Å²) in [6.45, 7) is 0.511. The fraction of sp³-hybridized carbons (Fsp3) is 0.259. The van der Waals surface area contributed by atoms with Gasteiger partial charge in [0.25, 0.3) is 15.9 Å². The molecule has 3 rings (SSSR count). The van der Waals surface area contributed by atoms with Gasteiger partial charge >= 0.3 is 0 Å². The number of hydrogen-bond acceptors (Lipinski definition) is 7. The number of halogens is 1. The molecule has 2 amide bonds. The molecule has 0 atom stereocenters. The molecule has 0 saturated carbocycles. The van der Waals surface area contributed by atoms with Gasteiger partial charge in [-0.3, -0.25) is 9.59 Å². The van der Waals surface area contributed by atoms with Crippen molar-refractivity contribution in [2.24, 2.45) is 0 Å². The summed E-state index contributed by atoms with van der Waals surface area (Å²) < 4.78 is 55.9. The number of benzene rings is 3. The largest absolute Gasteiger partial charge is 0.493 e. The maximum absolute atomic E-state index is 12.9. The second-order valence-corrected chi connectivity index (χ2v) is 9.90. The van der Waals surface area contributed by atoms with E-state index in [4.69, 9.17) is 14.2 Å². The van der Waals surface area contributed by atoms with Gasteiger partial charge in [0, 0.05) is 12.1 Å². The van der Waals surface area contributed by atoms with Crippen LogP contribution < -0.4 is 19.5 Å². The highest BCUT2D eigenvalue weighted by Gasteiger charge is 2.20. The summed E-state index contributed by atoms with van der Waals surface area (Å²) >= 11 is 0. The quantitative estimate of drug-likeness (QED) is 0.317. The normalized spacial score (nSPS) is 11.0. The van der Waals surface area contributed by atoms with E-state index < -0.39 is 15.9 Å². The number of hydrogen-bond donors (Lipinski definition) is 2. The van der Waals surface area contributed by atoms with Crippen LogP contribution in [-0.4, -0.2) is 47.6 Å². The fourth-order valence-electron chi connectivity index (χ4n) is 3.47. The van der Waals surface area contributed by atoms with E-state index in [1.807, 2.05) is 0 Å². The molecule has 0 fully saturated rings. The number of carbonyl (C=O) groups excluding carboxylic acids is 2. The van der Waals surface area contributed by atoms with Gasteiger partial charge < -0.3 is 19.5 Å². The lowest BCUT2D eigenvalue weighted by molar-refractivity contribution is -0.126. The van der Waals surface area contributed by atoms with Crippen molar-refractivity contribution in [1.29, 1.82) is 0 Å². The molecule has 0 saturated heterocycles. The average Bonchev–Trinajstić information content (AvgIpc) is 2.91. The summed E-state index contributed by atoms with van der Waals surface area (Å²) in [5.74, 6) is -0.681. The van der Waals surface area contributed by atoms with Gasteiger partial charge in [0.1, 0.15) is 12.4 Å². The van der Waals surface area contributed by atoms with Crippen LogP contribution in [0, 0.1) is 5.82 Å². The van der Waals surface area contributed by atoms with Crippen LogP contribution in [0.4, 0.5) is 4.39 Å². The maximum atomic E-state index is 12.9. The number of amides is 2. The van der Waals surface area contributed by atoms with Gasteiger partial charge in [0.15, 0.2) is 11.5 Å². The highest BCUT2D eigenvalue weighted by molar-refractivity contribution is 7.90. The molecular weight excluding hydrogens is 515 g/mol. The molecule has 0 aliphatic heterocycles. The minimum atomic E-state index is -4.09. The Morgan fingerprint density at radius 2 is 1.53 bits per heavy atom. The van der Waals surface area contributed by atoms with E-state index in [2.05, 4.69) is 10.0 Å². The van der Waals surface area contributed by atoms with Crippen LogP contribution in [0.1, 0.15) is 27.9 Å². The van der Waals surface area contributed by atoms with Crippen LogP contribution in [0.2, 0.25) is 0 Å². The molecule has 0 aromatic heterocycles. The Kier molecular flexibility index (Phi) is 10.2. The number of rotatable bonds is 13. The Balaban J connectivity index is 1.42. The second-order valence-electron chi connectivity index (χ2n) is 8.22. The maximum Gasteiger partial charge on any atom is 0.265 e. The standard InChI is InChI=1S/C27H29FN2O7S/c1-35-24-14-9-21(16-25(24)36-2)27(32)30-38(33,34)23-12-7-19(8-13-23)4-3-15-29-26(31)18-37-17-20-5-10-22(28)11-6-20/h5-14,16H,3-4,15,17-18H2,1-2H3,(H,29,31)(H,30,32). The summed E-state index contributed by atoms with van der Waals surface area (Å²) in [6, 6.07) is 16.3. The fourth-order valence-corrected chi connectivity index (χ4v) is 4.44. The zero-order valence-corrected chi connectivity index (χ0v) is 21.8. The third kappa shape index (κ3) is 8.29. The van der Waals surface area contributed by atoms with Crippen LogP contribution in [0.3, 0.4) is 0 Å². The molecule has 0 radical (unpaired) electrons. The van der Waals surface area contributed by atoms with Crippen LogP contribution in [0.15, 0.2) is 71.6 Å². The molecule has 0 aliphatic rings. The first kappa shape index (κ1) is 28.6. The molecule has 38 heavy (non-hydrogen) atoms. The SMILES string of the molecule is COc1ccc(C(=O)NS(=O)(=O)c2ccc(CCCNC(=O)COCc3ccc(F)cc3)cc2)cc1OC. The monoisotopic (exact) mass is 544 g/mol. The highest BCUT2D eigenvalue weighted by atomic mass is 32.2. The van der Waals surface area contributed by atoms with E-state index in [1.165, 1.54) is 56.7 Å². The van der Waals surface area contributed by atoms with Crippen LogP contribution in [0.5, 0.6) is 11.5 Å². The zero-order valence-electron chi connectivity index (χ0n) is 21.0. The Bertz CT molecular complexity index is 1340. The second kappa shape index (κ2) is 13.5. The van der Waals surface area contributed by atoms with E-state index in [0.29, 0.717) is 30.9 Å². The molecule has 2 N–H and O–H groups in total. The molecule has 0 aliphatic carbocycles. The third-order valence-electron chi connectivity index (χ3n) is 5.49. The lowest BCUT2D eigenvalue weighted by Gasteiger charge is -2.11. The summed E-state index contributed by atoms with van der Waals surface area (Å²) in [5, 5.41) is 2.75. The summed E-state index contributed by atoms with van der Waals surface area (Å²) in [6.07, 6.45) is 1.24. The average molecular weight is 545 g/mol. The number of methoxy groups -OCH3 is 2. The van der Waals surface area contributed by atoms with Crippen molar-refractivity contribution in [2.45, 2.75) is 24.3 Å². The molecule has 0 unspecified atom stereocenters. The van der Waals surface area contributed by atoms with Crippen LogP contribution in [0.25, 0.3) is 0 Å². The van der Waals surface area contributed by atoms with Gasteiger partial charge in [-0.2, -0.15) is 0 Å². The molecular formula is C27H29FN2O7S. The zero-order chi connectivity index (χ0) is 27.5. The highest BCUT2D eigenvalue weighted by Crippen LogP contribution is 2.27. The topological polar surface area (TPSA) is 120 Å². The number of carbonyl (C=O) groups is 2. The van der Waals surface area contributed by atoms with Crippen LogP contribution >= 0.6 is 0 Å². The number of sulfonamides is 1. The molecule has 0 heterocycles. The molecule has 3 aromatic rings. The Morgan fingerprint density at radius 1 is 0.868 bits per heavy atom. The van der Waals surface area contributed by atoms with Crippen molar-refractivity contribution in [1.82, 2.24) is 10.0 Å². The van der Waals surface area contributed by atoms with Crippen molar-refractivity contribution in [3.05, 3.63) is 89.2 Å². The Morgan fingerprint density at radius 3 is 2.18 bits per heavy atom. The lowest BCUT2D eigenvalue weighted by atomic mass is 10.1. The van der Waals surface area contributed by atoms with Crippen molar-refractivity contribution in [3.8, 4) is 11.5 Å². The Hall–Kier alpha value is -3.96. The van der Waals surface area contributed by atoms with Gasteiger partial charge in [-0.1, -0.05) is 24.3 Å². The van der Waals surface area contributed by atoms with Crippen molar-refractivity contribution in [3.63, 3.8) is 0 Å². The van der Waals surface area contributed by atoms with E-state index in [9.17, 15) is 22.4 Å². The van der Waals surface area contributed by atoms with Crippen LogP contribution in [-0.2, 0) is 32.6 Å². The number of aryl methyl sites for hydroxylation is 1. The minimum Gasteiger partial charge on any atom is -0.493 e. The predicted octanol–water partition coefficient (Wildman–Crippen LogP) is 3.23. The van der Waals surface area contributed by atoms with Crippen molar-refractivity contribution < 1.29 is 36.6 Å². The summed E-state index contributed by atoms with van der Waals surface area (Å²) in [7, 11) is -1.22. The molecule has 11 heteroatoms. The number of nitrogens with one attached hydrogen (secondary N) is 2. The first-order valence-corrected chi connectivity index (χ1v) is 13.2. The van der Waals surface area contributed by atoms with Crippen molar-refractivity contribution in [2.75, 3.05) is 27.4 Å². The van der Waals surface area contributed by atoms with E-state index in [-0.39, 0.29) is 35.4 Å². The molecule has 202 valence electrons. The molecule has 9 nitrogen and oxygen atoms in total. The van der Waals surface area contributed by atoms with E-state index in [0.717, 1.165) is 11.1 Å². The van der Waals surface area contributed by atoms with E-state index in [1.54, 1.807) is 24.3 Å². The summed E-state index contributed by atoms with van der Waals surface area (Å²) in [4.78, 5) is 24.4. The van der Waals surface area contributed by atoms with Gasteiger partial charge in [-0.25, -0.2) is 17.5 Å². The van der Waals surface area contributed by atoms with Gasteiger partial charge in [0.2, 0.25) is 5.91 Å². The van der Waals surface area contributed by atoms with E-state index >= 15 is 0 Å². The van der Waals surface area contributed by atoms with Gasteiger partial charge in [0.05, 0.1) is 25.7 Å². The first-order chi connectivity index (χ1) is 18.2. The minimum absolute atomic E-state index is 0.0540. The lowest BCUT2D eigenvalue weighted by Crippen LogP contribution is -2.30. The third-order valence-corrected chi connectivity index (χ3v) is 6.83. The predicted molar refractivity (Wildman–Crippen MR) is 138 cm³/mol. The smallest absolute Gasteiger partial charge is 0.265 e. The Labute approximate surface area is 221 Å². The van der Waals surface area contributed by atoms with Crippen molar-refractivity contribution >= 4 is 21.8 Å². The molecule has 3 aromatic carbocycles. The van der Waals surface area contributed by atoms with Gasteiger partial charge in [-0.15, -0.1) is 0 Å². The van der Waals surface area contributed by atoms with Gasteiger partial charge in [-0.05, 0) is 66.4 Å². The summed E-state index contributed by atoms with van der Waals surface area (Å²) in [5.41, 5.74) is 1.74. The molecule has 0 spiro atoms. The first-order valence-electron chi connectivity index (χ1n) is 11.7. The number of ether oxygens (including phenoxy) is 3. The molecule has 0 bridgehead atoms.